The molecule has 21 heavy (non-hydrogen) atoms. The topological polar surface area (TPSA) is 64.3 Å². The van der Waals surface area contributed by atoms with Crippen LogP contribution in [0, 0.1) is 6.92 Å². The first-order valence-corrected chi connectivity index (χ1v) is 7.00. The lowest BCUT2D eigenvalue weighted by atomic mass is 10.1. The highest BCUT2D eigenvalue weighted by Gasteiger charge is 2.13. The van der Waals surface area contributed by atoms with Crippen molar-refractivity contribution in [1.29, 1.82) is 0 Å². The Morgan fingerprint density at radius 3 is 2.76 bits per heavy atom. The van der Waals surface area contributed by atoms with E-state index in [4.69, 9.17) is 10.5 Å². The third-order valence-corrected chi connectivity index (χ3v) is 3.00. The van der Waals surface area contributed by atoms with Crippen LogP contribution in [-0.4, -0.2) is 12.6 Å². The zero-order chi connectivity index (χ0) is 15.2. The number of esters is 1. The van der Waals surface area contributed by atoms with Gasteiger partial charge in [-0.05, 0) is 49.2 Å². The highest BCUT2D eigenvalue weighted by atomic mass is 16.5. The van der Waals surface area contributed by atoms with Gasteiger partial charge in [0.1, 0.15) is 0 Å². The Balaban J connectivity index is 2.28. The van der Waals surface area contributed by atoms with Gasteiger partial charge in [0, 0.05) is 11.4 Å². The number of aryl methyl sites for hydroxylation is 1. The van der Waals surface area contributed by atoms with Gasteiger partial charge < -0.3 is 15.8 Å². The monoisotopic (exact) mass is 284 g/mol. The van der Waals surface area contributed by atoms with Crippen LogP contribution in [0.5, 0.6) is 0 Å². The van der Waals surface area contributed by atoms with Crippen molar-refractivity contribution in [3.8, 4) is 0 Å². The van der Waals surface area contributed by atoms with Crippen molar-refractivity contribution in [2.75, 3.05) is 17.7 Å². The van der Waals surface area contributed by atoms with E-state index in [0.29, 0.717) is 23.5 Å². The summed E-state index contributed by atoms with van der Waals surface area (Å²) in [6, 6.07) is 13.1. The zero-order valence-electron chi connectivity index (χ0n) is 12.3. The molecule has 3 N–H and O–H groups in total. The van der Waals surface area contributed by atoms with Crippen molar-refractivity contribution in [3.63, 3.8) is 0 Å². The summed E-state index contributed by atoms with van der Waals surface area (Å²) in [5, 5.41) is 3.24. The van der Waals surface area contributed by atoms with Crippen LogP contribution in [-0.2, 0) is 4.74 Å². The number of hydrogen-bond acceptors (Lipinski definition) is 4. The molecule has 0 aliphatic carbocycles. The molecule has 0 spiro atoms. The molecule has 0 aliphatic heterocycles. The molecule has 0 saturated heterocycles. The summed E-state index contributed by atoms with van der Waals surface area (Å²) in [4.78, 5) is 12.1. The van der Waals surface area contributed by atoms with E-state index in [0.717, 1.165) is 17.7 Å². The van der Waals surface area contributed by atoms with Gasteiger partial charge in [-0.15, -0.1) is 0 Å². The Bertz CT molecular complexity index is 638. The Morgan fingerprint density at radius 2 is 2.05 bits per heavy atom. The second kappa shape index (κ2) is 6.79. The molecule has 2 rings (SSSR count). The lowest BCUT2D eigenvalue weighted by Crippen LogP contribution is -2.09. The number of carbonyl (C=O) groups is 1. The number of hydrogen-bond donors (Lipinski definition) is 2. The molecule has 0 atom stereocenters. The Hall–Kier alpha value is -2.49. The second-order valence-electron chi connectivity index (χ2n) is 4.94. The van der Waals surface area contributed by atoms with E-state index in [-0.39, 0.29) is 5.97 Å². The normalized spacial score (nSPS) is 10.2. The average Bonchev–Trinajstić information content (AvgIpc) is 2.46. The first kappa shape index (κ1) is 14.9. The average molecular weight is 284 g/mol. The number of rotatable bonds is 5. The molecule has 4 heteroatoms. The van der Waals surface area contributed by atoms with Crippen molar-refractivity contribution in [2.24, 2.45) is 0 Å². The Morgan fingerprint density at radius 1 is 1.24 bits per heavy atom. The fraction of sp³-hybridized carbons (Fsp3) is 0.235. The predicted octanol–water partition coefficient (Wildman–Crippen LogP) is 3.89. The van der Waals surface area contributed by atoms with Crippen LogP contribution in [0.4, 0.5) is 17.1 Å². The maximum atomic E-state index is 12.1. The molecular weight excluding hydrogens is 264 g/mol. The van der Waals surface area contributed by atoms with E-state index in [1.165, 1.54) is 0 Å². The molecule has 0 heterocycles. The molecule has 0 aromatic heterocycles. The number of ether oxygens (including phenoxy) is 1. The number of carbonyl (C=O) groups excluding carboxylic acids is 1. The van der Waals surface area contributed by atoms with E-state index in [1.54, 1.807) is 18.2 Å². The van der Waals surface area contributed by atoms with Crippen LogP contribution in [0.25, 0.3) is 0 Å². The first-order valence-electron chi connectivity index (χ1n) is 7.00. The fourth-order valence-corrected chi connectivity index (χ4v) is 1.99. The second-order valence-corrected chi connectivity index (χ2v) is 4.94. The highest BCUT2D eigenvalue weighted by Crippen LogP contribution is 2.24. The molecule has 0 bridgehead atoms. The molecule has 2 aromatic rings. The van der Waals surface area contributed by atoms with Crippen LogP contribution in [0.15, 0.2) is 42.5 Å². The van der Waals surface area contributed by atoms with Gasteiger partial charge >= 0.3 is 5.97 Å². The zero-order valence-corrected chi connectivity index (χ0v) is 12.3. The molecular formula is C17H20N2O2. The first-order chi connectivity index (χ1) is 10.1. The SMILES string of the molecule is CCCOC(=O)c1cc(N)ccc1Nc1cccc(C)c1. The number of benzene rings is 2. The van der Waals surface area contributed by atoms with Crippen molar-refractivity contribution in [2.45, 2.75) is 20.3 Å². The van der Waals surface area contributed by atoms with Gasteiger partial charge in [-0.3, -0.25) is 0 Å². The molecule has 2 aromatic carbocycles. The quantitative estimate of drug-likeness (QED) is 0.646. The van der Waals surface area contributed by atoms with Crippen LogP contribution in [0.3, 0.4) is 0 Å². The summed E-state index contributed by atoms with van der Waals surface area (Å²) in [5.41, 5.74) is 9.52. The third kappa shape index (κ3) is 3.99. The molecule has 0 unspecified atom stereocenters. The molecule has 0 fully saturated rings. The van der Waals surface area contributed by atoms with Gasteiger partial charge in [0.15, 0.2) is 0 Å². The molecule has 0 saturated carbocycles. The van der Waals surface area contributed by atoms with E-state index in [9.17, 15) is 4.79 Å². The smallest absolute Gasteiger partial charge is 0.340 e. The summed E-state index contributed by atoms with van der Waals surface area (Å²) < 4.78 is 5.20. The van der Waals surface area contributed by atoms with E-state index in [2.05, 4.69) is 5.32 Å². The van der Waals surface area contributed by atoms with Gasteiger partial charge in [-0.1, -0.05) is 19.1 Å². The number of anilines is 3. The van der Waals surface area contributed by atoms with E-state index >= 15 is 0 Å². The summed E-state index contributed by atoms with van der Waals surface area (Å²) in [7, 11) is 0. The van der Waals surface area contributed by atoms with Gasteiger partial charge in [0.05, 0.1) is 17.9 Å². The minimum atomic E-state index is -0.362. The third-order valence-electron chi connectivity index (χ3n) is 3.00. The Kier molecular flexibility index (Phi) is 4.82. The van der Waals surface area contributed by atoms with E-state index in [1.807, 2.05) is 38.1 Å². The summed E-state index contributed by atoms with van der Waals surface area (Å²) in [5.74, 6) is -0.362. The maximum absolute atomic E-state index is 12.1. The molecule has 4 nitrogen and oxygen atoms in total. The van der Waals surface area contributed by atoms with Crippen LogP contribution >= 0.6 is 0 Å². The summed E-state index contributed by atoms with van der Waals surface area (Å²) in [6.07, 6.45) is 0.786. The molecule has 110 valence electrons. The summed E-state index contributed by atoms with van der Waals surface area (Å²) in [6.45, 7) is 4.38. The van der Waals surface area contributed by atoms with Crippen molar-refractivity contribution in [1.82, 2.24) is 0 Å². The number of nitrogens with two attached hydrogens (primary N) is 1. The summed E-state index contributed by atoms with van der Waals surface area (Å²) >= 11 is 0. The van der Waals surface area contributed by atoms with Gasteiger partial charge in [-0.25, -0.2) is 4.79 Å². The highest BCUT2D eigenvalue weighted by molar-refractivity contribution is 5.97. The van der Waals surface area contributed by atoms with Crippen LogP contribution in [0.1, 0.15) is 29.3 Å². The molecule has 0 radical (unpaired) electrons. The lowest BCUT2D eigenvalue weighted by molar-refractivity contribution is 0.0506. The van der Waals surface area contributed by atoms with Crippen LogP contribution in [0.2, 0.25) is 0 Å². The maximum Gasteiger partial charge on any atom is 0.340 e. The van der Waals surface area contributed by atoms with Gasteiger partial charge in [0.25, 0.3) is 0 Å². The minimum Gasteiger partial charge on any atom is -0.462 e. The van der Waals surface area contributed by atoms with Crippen molar-refractivity contribution >= 4 is 23.0 Å². The number of nitrogens with one attached hydrogen (secondary N) is 1. The van der Waals surface area contributed by atoms with E-state index < -0.39 is 0 Å². The molecule has 0 aliphatic rings. The number of nitrogen functional groups attached to an aromatic ring is 1. The predicted molar refractivity (Wildman–Crippen MR) is 85.9 cm³/mol. The van der Waals surface area contributed by atoms with Crippen LogP contribution < -0.4 is 11.1 Å². The minimum absolute atomic E-state index is 0.362. The van der Waals surface area contributed by atoms with Gasteiger partial charge in [-0.2, -0.15) is 0 Å². The Labute approximate surface area is 124 Å². The van der Waals surface area contributed by atoms with Gasteiger partial charge in [0.2, 0.25) is 0 Å². The largest absolute Gasteiger partial charge is 0.462 e. The van der Waals surface area contributed by atoms with Crippen molar-refractivity contribution in [3.05, 3.63) is 53.6 Å². The standard InChI is InChI=1S/C17H20N2O2/c1-3-9-21-17(20)15-11-13(18)7-8-16(15)19-14-6-4-5-12(2)10-14/h4-8,10-11,19H,3,9,18H2,1-2H3. The fourth-order valence-electron chi connectivity index (χ4n) is 1.99. The molecule has 0 amide bonds. The lowest BCUT2D eigenvalue weighted by Gasteiger charge is -2.13. The van der Waals surface area contributed by atoms with Crippen molar-refractivity contribution < 1.29 is 9.53 Å².